The molecule has 0 aliphatic rings. The summed E-state index contributed by atoms with van der Waals surface area (Å²) in [7, 11) is 0. The number of carbonyl (C=O) groups excluding carboxylic acids is 1. The Morgan fingerprint density at radius 3 is 2.54 bits per heavy atom. The zero-order chi connectivity index (χ0) is 16.9. The average molecular weight is 313 g/mol. The van der Waals surface area contributed by atoms with E-state index >= 15 is 0 Å². The number of nitriles is 2. The normalized spacial score (nSPS) is 9.75. The summed E-state index contributed by atoms with van der Waals surface area (Å²) < 4.78 is 1.49. The molecule has 1 heterocycles. The number of carbonyl (C=O) groups is 1. The molecule has 0 saturated carbocycles. The van der Waals surface area contributed by atoms with E-state index in [0.717, 1.165) is 5.69 Å². The van der Waals surface area contributed by atoms with E-state index in [-0.39, 0.29) is 11.4 Å². The second-order valence-electron chi connectivity index (χ2n) is 4.91. The number of amides is 1. The maximum Gasteiger partial charge on any atom is 0.256 e. The van der Waals surface area contributed by atoms with E-state index in [0.29, 0.717) is 11.1 Å². The lowest BCUT2D eigenvalue weighted by molar-refractivity contribution is 0.102. The third kappa shape index (κ3) is 2.85. The van der Waals surface area contributed by atoms with Gasteiger partial charge in [0, 0.05) is 5.56 Å². The van der Waals surface area contributed by atoms with E-state index < -0.39 is 5.91 Å². The van der Waals surface area contributed by atoms with Crippen molar-refractivity contribution in [1.82, 2.24) is 9.78 Å². The van der Waals surface area contributed by atoms with Crippen molar-refractivity contribution in [3.8, 4) is 17.8 Å². The Balaban J connectivity index is 1.98. The van der Waals surface area contributed by atoms with E-state index in [1.54, 1.807) is 18.2 Å². The lowest BCUT2D eigenvalue weighted by atomic mass is 10.1. The molecule has 0 aliphatic carbocycles. The molecule has 3 rings (SSSR count). The molecule has 2 aromatic carbocycles. The monoisotopic (exact) mass is 313 g/mol. The Hall–Kier alpha value is -3.90. The highest BCUT2D eigenvalue weighted by Crippen LogP contribution is 2.20. The molecule has 1 aromatic heterocycles. The number of hydrogen-bond acceptors (Lipinski definition) is 4. The van der Waals surface area contributed by atoms with Crippen LogP contribution >= 0.6 is 0 Å². The Morgan fingerprint density at radius 2 is 1.83 bits per heavy atom. The topological polar surface area (TPSA) is 94.5 Å². The molecule has 0 atom stereocenters. The van der Waals surface area contributed by atoms with Gasteiger partial charge in [0.2, 0.25) is 0 Å². The smallest absolute Gasteiger partial charge is 0.256 e. The van der Waals surface area contributed by atoms with Crippen LogP contribution in [0.4, 0.5) is 5.82 Å². The Bertz CT molecular complexity index is 977. The molecular formula is C18H11N5O. The van der Waals surface area contributed by atoms with Crippen LogP contribution < -0.4 is 5.32 Å². The van der Waals surface area contributed by atoms with Gasteiger partial charge in [-0.2, -0.15) is 15.6 Å². The van der Waals surface area contributed by atoms with Gasteiger partial charge in [0.05, 0.1) is 23.5 Å². The van der Waals surface area contributed by atoms with Gasteiger partial charge in [-0.25, -0.2) is 4.68 Å². The molecule has 1 N–H and O–H groups in total. The van der Waals surface area contributed by atoms with Gasteiger partial charge >= 0.3 is 0 Å². The average Bonchev–Trinajstić information content (AvgIpc) is 3.05. The molecule has 0 bridgehead atoms. The minimum Gasteiger partial charge on any atom is -0.305 e. The van der Waals surface area contributed by atoms with Gasteiger partial charge in [-0.15, -0.1) is 0 Å². The summed E-state index contributed by atoms with van der Waals surface area (Å²) >= 11 is 0. The molecule has 0 saturated heterocycles. The zero-order valence-electron chi connectivity index (χ0n) is 12.5. The first kappa shape index (κ1) is 15.0. The molecule has 0 radical (unpaired) electrons. The molecule has 0 aliphatic heterocycles. The standard InChI is InChI=1S/C18H11N5O/c19-10-13-5-4-6-14(9-13)18(24)22-17-15(11-20)12-21-23(17)16-7-2-1-3-8-16/h1-9,12H,(H,22,24). The van der Waals surface area contributed by atoms with Crippen LogP contribution in [-0.2, 0) is 0 Å². The maximum atomic E-state index is 12.5. The first-order chi connectivity index (χ1) is 11.7. The second-order valence-corrected chi connectivity index (χ2v) is 4.91. The number of benzene rings is 2. The van der Waals surface area contributed by atoms with Crippen molar-refractivity contribution in [1.29, 1.82) is 10.5 Å². The van der Waals surface area contributed by atoms with E-state index in [9.17, 15) is 10.1 Å². The van der Waals surface area contributed by atoms with Crippen molar-refractivity contribution in [3.63, 3.8) is 0 Å². The molecule has 0 unspecified atom stereocenters. The van der Waals surface area contributed by atoms with Crippen molar-refractivity contribution >= 4 is 11.7 Å². The van der Waals surface area contributed by atoms with Crippen LogP contribution in [0.1, 0.15) is 21.5 Å². The van der Waals surface area contributed by atoms with Crippen molar-refractivity contribution < 1.29 is 4.79 Å². The zero-order valence-corrected chi connectivity index (χ0v) is 12.5. The largest absolute Gasteiger partial charge is 0.305 e. The molecule has 6 heteroatoms. The fraction of sp³-hybridized carbons (Fsp3) is 0. The Kier molecular flexibility index (Phi) is 4.05. The first-order valence-electron chi connectivity index (χ1n) is 7.08. The molecule has 114 valence electrons. The summed E-state index contributed by atoms with van der Waals surface area (Å²) in [4.78, 5) is 12.5. The molecule has 6 nitrogen and oxygen atoms in total. The maximum absolute atomic E-state index is 12.5. The molecule has 1 amide bonds. The Labute approximate surface area is 138 Å². The predicted octanol–water partition coefficient (Wildman–Crippen LogP) is 2.87. The third-order valence-corrected chi connectivity index (χ3v) is 3.38. The summed E-state index contributed by atoms with van der Waals surface area (Å²) in [5, 5.41) is 25.1. The predicted molar refractivity (Wildman–Crippen MR) is 87.4 cm³/mol. The van der Waals surface area contributed by atoms with Crippen LogP contribution in [0.15, 0.2) is 60.8 Å². The summed E-state index contributed by atoms with van der Waals surface area (Å²) in [5.74, 6) is -0.127. The number of anilines is 1. The van der Waals surface area contributed by atoms with E-state index in [2.05, 4.69) is 10.4 Å². The number of para-hydroxylation sites is 1. The van der Waals surface area contributed by atoms with Crippen LogP contribution in [0.3, 0.4) is 0 Å². The highest BCUT2D eigenvalue weighted by Gasteiger charge is 2.16. The van der Waals surface area contributed by atoms with Crippen LogP contribution in [0.5, 0.6) is 0 Å². The van der Waals surface area contributed by atoms with Gasteiger partial charge in [-0.3, -0.25) is 4.79 Å². The van der Waals surface area contributed by atoms with Gasteiger partial charge in [-0.05, 0) is 30.3 Å². The number of hydrogen-bond donors (Lipinski definition) is 1. The summed E-state index contributed by atoms with van der Waals surface area (Å²) in [6.45, 7) is 0. The van der Waals surface area contributed by atoms with Gasteiger partial charge in [-0.1, -0.05) is 24.3 Å². The minimum atomic E-state index is -0.415. The van der Waals surface area contributed by atoms with Crippen LogP contribution in [0.25, 0.3) is 5.69 Å². The fourth-order valence-corrected chi connectivity index (χ4v) is 2.23. The van der Waals surface area contributed by atoms with E-state index in [1.165, 1.54) is 16.9 Å². The molecule has 24 heavy (non-hydrogen) atoms. The van der Waals surface area contributed by atoms with Crippen molar-refractivity contribution in [2.75, 3.05) is 5.32 Å². The van der Waals surface area contributed by atoms with Crippen molar-refractivity contribution in [3.05, 3.63) is 77.5 Å². The SMILES string of the molecule is N#Cc1cccc(C(=O)Nc2c(C#N)cnn2-c2ccccc2)c1. The van der Waals surface area contributed by atoms with E-state index in [4.69, 9.17) is 5.26 Å². The quantitative estimate of drug-likeness (QED) is 0.804. The van der Waals surface area contributed by atoms with Crippen LogP contribution in [0, 0.1) is 22.7 Å². The Morgan fingerprint density at radius 1 is 1.04 bits per heavy atom. The van der Waals surface area contributed by atoms with Gasteiger partial charge in [0.25, 0.3) is 5.91 Å². The minimum absolute atomic E-state index is 0.253. The third-order valence-electron chi connectivity index (χ3n) is 3.38. The van der Waals surface area contributed by atoms with Gasteiger partial charge < -0.3 is 5.32 Å². The molecule has 0 fully saturated rings. The van der Waals surface area contributed by atoms with Gasteiger partial charge in [0.1, 0.15) is 11.6 Å². The van der Waals surface area contributed by atoms with Gasteiger partial charge in [0.15, 0.2) is 5.82 Å². The van der Waals surface area contributed by atoms with Crippen LogP contribution in [0.2, 0.25) is 0 Å². The highest BCUT2D eigenvalue weighted by molar-refractivity contribution is 6.04. The number of nitrogens with zero attached hydrogens (tertiary/aromatic N) is 4. The molecule has 0 spiro atoms. The number of aromatic nitrogens is 2. The second kappa shape index (κ2) is 6.47. The van der Waals surface area contributed by atoms with Crippen molar-refractivity contribution in [2.24, 2.45) is 0 Å². The fourth-order valence-electron chi connectivity index (χ4n) is 2.23. The van der Waals surface area contributed by atoms with Crippen LogP contribution in [-0.4, -0.2) is 15.7 Å². The van der Waals surface area contributed by atoms with Crippen molar-refractivity contribution in [2.45, 2.75) is 0 Å². The lowest BCUT2D eigenvalue weighted by Gasteiger charge is -2.09. The molecular weight excluding hydrogens is 302 g/mol. The highest BCUT2D eigenvalue weighted by atomic mass is 16.1. The molecule has 3 aromatic rings. The lowest BCUT2D eigenvalue weighted by Crippen LogP contribution is -2.16. The number of nitrogens with one attached hydrogen (secondary N) is 1. The number of rotatable bonds is 3. The summed E-state index contributed by atoms with van der Waals surface area (Å²) in [5.41, 5.74) is 1.70. The van der Waals surface area contributed by atoms with E-state index in [1.807, 2.05) is 42.5 Å². The summed E-state index contributed by atoms with van der Waals surface area (Å²) in [6, 6.07) is 19.5. The summed E-state index contributed by atoms with van der Waals surface area (Å²) in [6.07, 6.45) is 1.40. The first-order valence-corrected chi connectivity index (χ1v) is 7.08.